The SMILES string of the molecule is CN(C)c1nc(CNS(=O)(=O)c2cccc3nsnc23)nc(N2CCCC2)n1. The number of nitrogens with zero attached hydrogens (tertiary/aromatic N) is 7. The molecule has 0 radical (unpaired) electrons. The van der Waals surface area contributed by atoms with E-state index in [1.807, 2.05) is 14.1 Å². The summed E-state index contributed by atoms with van der Waals surface area (Å²) in [4.78, 5) is 17.3. The second kappa shape index (κ2) is 7.53. The lowest BCUT2D eigenvalue weighted by Gasteiger charge is -2.19. The molecule has 4 rings (SSSR count). The van der Waals surface area contributed by atoms with Crippen molar-refractivity contribution in [2.24, 2.45) is 0 Å². The second-order valence-electron chi connectivity index (χ2n) is 6.65. The van der Waals surface area contributed by atoms with Gasteiger partial charge in [-0.3, -0.25) is 0 Å². The van der Waals surface area contributed by atoms with Gasteiger partial charge in [-0.2, -0.15) is 23.7 Å². The summed E-state index contributed by atoms with van der Waals surface area (Å²) in [7, 11) is -0.113. The van der Waals surface area contributed by atoms with Gasteiger partial charge in [-0.25, -0.2) is 13.1 Å². The van der Waals surface area contributed by atoms with Crippen molar-refractivity contribution in [3.8, 4) is 0 Å². The van der Waals surface area contributed by atoms with E-state index in [2.05, 4.69) is 33.3 Å². The molecule has 0 aliphatic carbocycles. The van der Waals surface area contributed by atoms with Crippen molar-refractivity contribution in [3.63, 3.8) is 0 Å². The molecule has 1 aromatic carbocycles. The van der Waals surface area contributed by atoms with Crippen LogP contribution in [0.15, 0.2) is 23.1 Å². The van der Waals surface area contributed by atoms with Crippen LogP contribution in [0.2, 0.25) is 0 Å². The molecule has 1 saturated heterocycles. The van der Waals surface area contributed by atoms with Crippen molar-refractivity contribution in [1.82, 2.24) is 28.4 Å². The van der Waals surface area contributed by atoms with Crippen molar-refractivity contribution < 1.29 is 8.42 Å². The van der Waals surface area contributed by atoms with Crippen LogP contribution in [0, 0.1) is 0 Å². The maximum absolute atomic E-state index is 12.8. The van der Waals surface area contributed by atoms with E-state index >= 15 is 0 Å². The van der Waals surface area contributed by atoms with Crippen LogP contribution in [-0.2, 0) is 16.6 Å². The number of anilines is 2. The van der Waals surface area contributed by atoms with Gasteiger partial charge in [0, 0.05) is 27.2 Å². The fourth-order valence-corrected chi connectivity index (χ4v) is 4.71. The Balaban J connectivity index is 1.61. The molecule has 10 nitrogen and oxygen atoms in total. The summed E-state index contributed by atoms with van der Waals surface area (Å²) in [5.74, 6) is 1.45. The molecule has 0 unspecified atom stereocenters. The normalized spacial score (nSPS) is 14.7. The standard InChI is InChI=1S/C16H20N8O2S2/c1-23(2)15-18-13(19-16(20-15)24-8-3-4-9-24)10-17-28(25,26)12-7-5-6-11-14(12)22-27-21-11/h5-7,17H,3-4,8-10H2,1-2H3. The summed E-state index contributed by atoms with van der Waals surface area (Å²) in [6.45, 7) is 1.74. The van der Waals surface area contributed by atoms with Crippen molar-refractivity contribution in [2.45, 2.75) is 24.3 Å². The van der Waals surface area contributed by atoms with E-state index in [0.29, 0.717) is 28.8 Å². The van der Waals surface area contributed by atoms with Crippen LogP contribution in [0.4, 0.5) is 11.9 Å². The predicted octanol–water partition coefficient (Wildman–Crippen LogP) is 1.02. The van der Waals surface area contributed by atoms with Gasteiger partial charge in [0.2, 0.25) is 21.9 Å². The average Bonchev–Trinajstić information content (AvgIpc) is 3.37. The quantitative estimate of drug-likeness (QED) is 0.623. The predicted molar refractivity (Wildman–Crippen MR) is 107 cm³/mol. The Labute approximate surface area is 167 Å². The van der Waals surface area contributed by atoms with Crippen molar-refractivity contribution in [1.29, 1.82) is 0 Å². The summed E-state index contributed by atoms with van der Waals surface area (Å²) < 4.78 is 36.4. The number of hydrogen-bond donors (Lipinski definition) is 1. The molecular formula is C16H20N8O2S2. The first-order valence-corrected chi connectivity index (χ1v) is 11.0. The van der Waals surface area contributed by atoms with Gasteiger partial charge >= 0.3 is 0 Å². The van der Waals surface area contributed by atoms with Gasteiger partial charge < -0.3 is 9.80 Å². The molecule has 12 heteroatoms. The van der Waals surface area contributed by atoms with Gasteiger partial charge in [0.15, 0.2) is 5.82 Å². The van der Waals surface area contributed by atoms with Crippen LogP contribution in [0.25, 0.3) is 11.0 Å². The lowest BCUT2D eigenvalue weighted by Crippen LogP contribution is -2.28. The molecule has 1 N–H and O–H groups in total. The smallest absolute Gasteiger partial charge is 0.243 e. The zero-order valence-corrected chi connectivity index (χ0v) is 17.2. The van der Waals surface area contributed by atoms with Gasteiger partial charge in [-0.15, -0.1) is 0 Å². The van der Waals surface area contributed by atoms with E-state index in [-0.39, 0.29) is 11.4 Å². The maximum atomic E-state index is 12.8. The van der Waals surface area contributed by atoms with Crippen LogP contribution in [0.1, 0.15) is 18.7 Å². The average molecular weight is 421 g/mol. The molecule has 0 atom stereocenters. The monoisotopic (exact) mass is 420 g/mol. The molecule has 0 saturated carbocycles. The Bertz CT molecular complexity index is 1090. The summed E-state index contributed by atoms with van der Waals surface area (Å²) in [6, 6.07) is 4.90. The van der Waals surface area contributed by atoms with Crippen molar-refractivity contribution in [3.05, 3.63) is 24.0 Å². The zero-order valence-electron chi connectivity index (χ0n) is 15.5. The Morgan fingerprint density at radius 3 is 2.68 bits per heavy atom. The molecule has 0 spiro atoms. The van der Waals surface area contributed by atoms with Crippen LogP contribution in [0.3, 0.4) is 0 Å². The largest absolute Gasteiger partial charge is 0.347 e. The van der Waals surface area contributed by atoms with Crippen molar-refractivity contribution >= 4 is 44.7 Å². The van der Waals surface area contributed by atoms with Crippen LogP contribution < -0.4 is 14.5 Å². The minimum atomic E-state index is -3.79. The minimum Gasteiger partial charge on any atom is -0.347 e. The fraction of sp³-hybridized carbons (Fsp3) is 0.438. The third kappa shape index (κ3) is 3.75. The first-order valence-electron chi connectivity index (χ1n) is 8.82. The van der Waals surface area contributed by atoms with E-state index < -0.39 is 10.0 Å². The highest BCUT2D eigenvalue weighted by Gasteiger charge is 2.22. The molecule has 0 bridgehead atoms. The summed E-state index contributed by atoms with van der Waals surface area (Å²) >= 11 is 0.983. The van der Waals surface area contributed by atoms with E-state index in [4.69, 9.17) is 0 Å². The number of aromatic nitrogens is 5. The Kier molecular flexibility index (Phi) is 5.08. The van der Waals surface area contributed by atoms with E-state index in [0.717, 1.165) is 37.7 Å². The van der Waals surface area contributed by atoms with E-state index in [1.54, 1.807) is 17.0 Å². The molecule has 1 fully saturated rings. The lowest BCUT2D eigenvalue weighted by atomic mass is 10.3. The number of nitrogens with one attached hydrogen (secondary N) is 1. The molecule has 2 aromatic heterocycles. The van der Waals surface area contributed by atoms with Gasteiger partial charge in [0.05, 0.1) is 18.3 Å². The van der Waals surface area contributed by atoms with Gasteiger partial charge in [0.25, 0.3) is 0 Å². The number of fused-ring (bicyclic) bond motifs is 1. The lowest BCUT2D eigenvalue weighted by molar-refractivity contribution is 0.579. The summed E-state index contributed by atoms with van der Waals surface area (Å²) in [5, 5.41) is 0. The Morgan fingerprint density at radius 1 is 1.14 bits per heavy atom. The Hall–Kier alpha value is -2.44. The summed E-state index contributed by atoms with van der Waals surface area (Å²) in [6.07, 6.45) is 2.19. The first-order chi connectivity index (χ1) is 13.4. The van der Waals surface area contributed by atoms with Crippen molar-refractivity contribution in [2.75, 3.05) is 37.0 Å². The molecule has 148 valence electrons. The zero-order chi connectivity index (χ0) is 19.7. The summed E-state index contributed by atoms with van der Waals surface area (Å²) in [5.41, 5.74) is 0.918. The molecule has 3 aromatic rings. The number of benzene rings is 1. The first kappa shape index (κ1) is 18.9. The minimum absolute atomic E-state index is 0.0412. The van der Waals surface area contributed by atoms with E-state index in [1.165, 1.54) is 6.07 Å². The molecule has 1 aliphatic rings. The van der Waals surface area contributed by atoms with Gasteiger partial charge in [-0.1, -0.05) is 6.07 Å². The molecule has 28 heavy (non-hydrogen) atoms. The van der Waals surface area contributed by atoms with Crippen LogP contribution in [-0.4, -0.2) is 59.3 Å². The number of sulfonamides is 1. The fourth-order valence-electron chi connectivity index (χ4n) is 2.97. The van der Waals surface area contributed by atoms with E-state index in [9.17, 15) is 8.42 Å². The number of hydrogen-bond acceptors (Lipinski definition) is 10. The molecule has 3 heterocycles. The Morgan fingerprint density at radius 2 is 1.93 bits per heavy atom. The third-order valence-electron chi connectivity index (χ3n) is 4.41. The number of rotatable bonds is 6. The highest BCUT2D eigenvalue weighted by atomic mass is 32.2. The molecule has 0 amide bonds. The van der Waals surface area contributed by atoms with Gasteiger partial charge in [0.1, 0.15) is 15.9 Å². The highest BCUT2D eigenvalue weighted by Crippen LogP contribution is 2.22. The highest BCUT2D eigenvalue weighted by molar-refractivity contribution is 7.89. The van der Waals surface area contributed by atoms with Gasteiger partial charge in [-0.05, 0) is 25.0 Å². The molecule has 1 aliphatic heterocycles. The topological polar surface area (TPSA) is 117 Å². The third-order valence-corrected chi connectivity index (χ3v) is 6.38. The second-order valence-corrected chi connectivity index (χ2v) is 8.92. The van der Waals surface area contributed by atoms with Crippen LogP contribution >= 0.6 is 11.7 Å². The molecular weight excluding hydrogens is 400 g/mol. The maximum Gasteiger partial charge on any atom is 0.243 e. The van der Waals surface area contributed by atoms with Crippen LogP contribution in [0.5, 0.6) is 0 Å².